The third kappa shape index (κ3) is 6.19. The lowest BCUT2D eigenvalue weighted by atomic mass is 10.1. The minimum Gasteiger partial charge on any atom is -0.310 e. The smallest absolute Gasteiger partial charge is 0.0236 e. The van der Waals surface area contributed by atoms with Gasteiger partial charge in [0.05, 0.1) is 0 Å². The summed E-state index contributed by atoms with van der Waals surface area (Å²) < 4.78 is 0. The average molecular weight is 288 g/mol. The third-order valence-electron chi connectivity index (χ3n) is 4.15. The van der Waals surface area contributed by atoms with Gasteiger partial charge in [-0.05, 0) is 42.9 Å². The van der Waals surface area contributed by atoms with Crippen molar-refractivity contribution >= 4 is 0 Å². The first kappa shape index (κ1) is 16.5. The van der Waals surface area contributed by atoms with Crippen LogP contribution in [-0.2, 0) is 13.1 Å². The zero-order valence-corrected chi connectivity index (χ0v) is 14.2. The molecule has 0 saturated heterocycles. The van der Waals surface area contributed by atoms with E-state index in [9.17, 15) is 0 Å². The topological polar surface area (TPSA) is 15.3 Å². The van der Waals surface area contributed by atoms with E-state index in [0.717, 1.165) is 25.0 Å². The van der Waals surface area contributed by atoms with Crippen LogP contribution in [0.5, 0.6) is 0 Å². The molecule has 1 aromatic carbocycles. The van der Waals surface area contributed by atoms with Crippen molar-refractivity contribution in [3.05, 3.63) is 35.4 Å². The maximum Gasteiger partial charge on any atom is 0.0236 e. The Balaban J connectivity index is 1.91. The van der Waals surface area contributed by atoms with Crippen LogP contribution in [0.4, 0.5) is 0 Å². The van der Waals surface area contributed by atoms with E-state index in [0.29, 0.717) is 6.04 Å². The Morgan fingerprint density at radius 3 is 2.48 bits per heavy atom. The molecule has 21 heavy (non-hydrogen) atoms. The van der Waals surface area contributed by atoms with Crippen LogP contribution in [0.3, 0.4) is 0 Å². The van der Waals surface area contributed by atoms with Crippen LogP contribution in [0.2, 0.25) is 0 Å². The van der Waals surface area contributed by atoms with Gasteiger partial charge in [-0.15, -0.1) is 0 Å². The van der Waals surface area contributed by atoms with E-state index in [-0.39, 0.29) is 0 Å². The second-order valence-electron chi connectivity index (χ2n) is 7.24. The first-order valence-corrected chi connectivity index (χ1v) is 8.60. The van der Waals surface area contributed by atoms with Gasteiger partial charge in [-0.2, -0.15) is 0 Å². The Kier molecular flexibility index (Phi) is 6.25. The Morgan fingerprint density at radius 2 is 1.86 bits per heavy atom. The van der Waals surface area contributed by atoms with E-state index in [2.05, 4.69) is 62.2 Å². The molecule has 0 unspecified atom stereocenters. The monoisotopic (exact) mass is 288 g/mol. The lowest BCUT2D eigenvalue weighted by molar-refractivity contribution is 0.239. The molecule has 0 aliphatic heterocycles. The van der Waals surface area contributed by atoms with Crippen molar-refractivity contribution in [2.24, 2.45) is 5.92 Å². The van der Waals surface area contributed by atoms with E-state index >= 15 is 0 Å². The molecule has 0 heterocycles. The fourth-order valence-electron chi connectivity index (χ4n) is 2.65. The summed E-state index contributed by atoms with van der Waals surface area (Å²) in [5.74, 6) is 0.799. The highest BCUT2D eigenvalue weighted by Gasteiger charge is 2.28. The van der Waals surface area contributed by atoms with Crippen molar-refractivity contribution in [2.45, 2.75) is 72.1 Å². The summed E-state index contributed by atoms with van der Waals surface area (Å²) in [6.45, 7) is 12.4. The van der Waals surface area contributed by atoms with Crippen molar-refractivity contribution in [1.29, 1.82) is 0 Å². The summed E-state index contributed by atoms with van der Waals surface area (Å²) in [6.07, 6.45) is 4.10. The van der Waals surface area contributed by atoms with Crippen LogP contribution >= 0.6 is 0 Å². The molecular formula is C19H32N2. The Hall–Kier alpha value is -0.860. The van der Waals surface area contributed by atoms with E-state index in [1.165, 1.54) is 36.9 Å². The van der Waals surface area contributed by atoms with Gasteiger partial charge < -0.3 is 5.32 Å². The molecule has 0 amide bonds. The molecule has 1 fully saturated rings. The first-order chi connectivity index (χ1) is 10.0. The molecule has 118 valence electrons. The maximum absolute atomic E-state index is 3.50. The zero-order chi connectivity index (χ0) is 15.2. The highest BCUT2D eigenvalue weighted by atomic mass is 15.2. The van der Waals surface area contributed by atoms with Gasteiger partial charge >= 0.3 is 0 Å². The fraction of sp³-hybridized carbons (Fsp3) is 0.684. The van der Waals surface area contributed by atoms with Gasteiger partial charge in [0.2, 0.25) is 0 Å². The molecule has 0 radical (unpaired) electrons. The summed E-state index contributed by atoms with van der Waals surface area (Å²) in [5.41, 5.74) is 2.87. The normalized spacial score (nSPS) is 15.4. The highest BCUT2D eigenvalue weighted by Crippen LogP contribution is 2.29. The Bertz CT molecular complexity index is 421. The number of hydrogen-bond acceptors (Lipinski definition) is 2. The predicted octanol–water partition coefficient (Wildman–Crippen LogP) is 4.20. The molecule has 0 atom stereocenters. The van der Waals surface area contributed by atoms with Crippen molar-refractivity contribution in [3.63, 3.8) is 0 Å². The number of rotatable bonds is 9. The third-order valence-corrected chi connectivity index (χ3v) is 4.15. The van der Waals surface area contributed by atoms with Crippen molar-refractivity contribution in [2.75, 3.05) is 6.54 Å². The molecule has 2 rings (SSSR count). The van der Waals surface area contributed by atoms with Crippen LogP contribution in [0.1, 0.15) is 58.1 Å². The van der Waals surface area contributed by atoms with Gasteiger partial charge in [0.25, 0.3) is 0 Å². The molecule has 1 aliphatic rings. The van der Waals surface area contributed by atoms with Crippen molar-refractivity contribution in [3.8, 4) is 0 Å². The van der Waals surface area contributed by atoms with E-state index < -0.39 is 0 Å². The molecule has 0 aromatic heterocycles. The fourth-order valence-corrected chi connectivity index (χ4v) is 2.65. The highest BCUT2D eigenvalue weighted by molar-refractivity contribution is 5.23. The molecule has 1 saturated carbocycles. The number of nitrogens with one attached hydrogen (secondary N) is 1. The number of hydrogen-bond donors (Lipinski definition) is 1. The van der Waals surface area contributed by atoms with Crippen LogP contribution < -0.4 is 5.32 Å². The maximum atomic E-state index is 3.50. The summed E-state index contributed by atoms with van der Waals surface area (Å²) in [6, 6.07) is 10.5. The Morgan fingerprint density at radius 1 is 1.14 bits per heavy atom. The molecule has 2 nitrogen and oxygen atoms in total. The second-order valence-corrected chi connectivity index (χ2v) is 7.24. The van der Waals surface area contributed by atoms with Crippen LogP contribution in [0.25, 0.3) is 0 Å². The van der Waals surface area contributed by atoms with E-state index in [4.69, 9.17) is 0 Å². The molecule has 0 spiro atoms. The number of nitrogens with zero attached hydrogens (tertiary/aromatic N) is 1. The average Bonchev–Trinajstić information content (AvgIpc) is 3.26. The van der Waals surface area contributed by atoms with Crippen LogP contribution in [-0.4, -0.2) is 23.5 Å². The standard InChI is InChI=1S/C19H32N2/c1-15(2)10-11-21(19-8-9-19)14-18-7-5-6-17(12-18)13-20-16(3)4/h5-7,12,15-16,19-20H,8-11,13-14H2,1-4H3. The molecule has 1 aliphatic carbocycles. The molecular weight excluding hydrogens is 256 g/mol. The summed E-state index contributed by atoms with van der Waals surface area (Å²) in [7, 11) is 0. The van der Waals surface area contributed by atoms with Crippen LogP contribution in [0.15, 0.2) is 24.3 Å². The largest absolute Gasteiger partial charge is 0.310 e. The molecule has 1 N–H and O–H groups in total. The van der Waals surface area contributed by atoms with Crippen LogP contribution in [0, 0.1) is 5.92 Å². The summed E-state index contributed by atoms with van der Waals surface area (Å²) in [4.78, 5) is 2.69. The lowest BCUT2D eigenvalue weighted by Gasteiger charge is -2.23. The minimum absolute atomic E-state index is 0.544. The van der Waals surface area contributed by atoms with Crippen molar-refractivity contribution < 1.29 is 0 Å². The van der Waals surface area contributed by atoms with Gasteiger partial charge in [-0.25, -0.2) is 0 Å². The van der Waals surface area contributed by atoms with Gasteiger partial charge in [-0.1, -0.05) is 52.0 Å². The van der Waals surface area contributed by atoms with Gasteiger partial charge in [0.1, 0.15) is 0 Å². The van der Waals surface area contributed by atoms with Gasteiger partial charge in [0, 0.05) is 25.2 Å². The summed E-state index contributed by atoms with van der Waals surface area (Å²) in [5, 5.41) is 3.50. The molecule has 0 bridgehead atoms. The SMILES string of the molecule is CC(C)CCN(Cc1cccc(CNC(C)C)c1)C1CC1. The quantitative estimate of drug-likeness (QED) is 0.733. The minimum atomic E-state index is 0.544. The van der Waals surface area contributed by atoms with Crippen molar-refractivity contribution in [1.82, 2.24) is 10.2 Å². The first-order valence-electron chi connectivity index (χ1n) is 8.60. The summed E-state index contributed by atoms with van der Waals surface area (Å²) >= 11 is 0. The number of benzene rings is 1. The predicted molar refractivity (Wildman–Crippen MR) is 91.3 cm³/mol. The zero-order valence-electron chi connectivity index (χ0n) is 14.2. The van der Waals surface area contributed by atoms with Gasteiger partial charge in [-0.3, -0.25) is 4.90 Å². The molecule has 2 heteroatoms. The molecule has 1 aromatic rings. The van der Waals surface area contributed by atoms with E-state index in [1.807, 2.05) is 0 Å². The lowest BCUT2D eigenvalue weighted by Crippen LogP contribution is -2.27. The Labute approximate surface area is 130 Å². The second kappa shape index (κ2) is 7.95. The van der Waals surface area contributed by atoms with Gasteiger partial charge in [0.15, 0.2) is 0 Å². The van der Waals surface area contributed by atoms with E-state index in [1.54, 1.807) is 0 Å².